The highest BCUT2D eigenvalue weighted by atomic mass is 16.5. The van der Waals surface area contributed by atoms with Crippen LogP contribution in [-0.4, -0.2) is 60.3 Å². The number of nitrogens with one attached hydrogen (secondary N) is 1. The third-order valence-corrected chi connectivity index (χ3v) is 2.94. The molecular formula is C11H19N3O5. The summed E-state index contributed by atoms with van der Waals surface area (Å²) in [4.78, 5) is 35.4. The van der Waals surface area contributed by atoms with E-state index in [-0.39, 0.29) is 6.04 Å². The second-order valence-electron chi connectivity index (χ2n) is 4.47. The number of carbonyl (C=O) groups is 3. The number of rotatable bonds is 4. The molecule has 0 aromatic heterocycles. The Hall–Kier alpha value is -1.83. The average molecular weight is 273 g/mol. The standard InChI is InChI=1S/C11H19N3O5/c1-19-9(15)5-8(10(16)17)13-11(18)14-4-2-3-7(12)6-14/h7-8H,2-6,12H2,1H3,(H,13,18)(H,16,17)/t7?,8-/m0/s1. The summed E-state index contributed by atoms with van der Waals surface area (Å²) >= 11 is 0. The fraction of sp³-hybridized carbons (Fsp3) is 0.727. The van der Waals surface area contributed by atoms with Crippen molar-refractivity contribution in [1.29, 1.82) is 0 Å². The van der Waals surface area contributed by atoms with Crippen molar-refractivity contribution in [3.05, 3.63) is 0 Å². The van der Waals surface area contributed by atoms with Crippen molar-refractivity contribution in [3.8, 4) is 0 Å². The minimum atomic E-state index is -1.29. The number of likely N-dealkylation sites (tertiary alicyclic amines) is 1. The molecule has 0 saturated carbocycles. The van der Waals surface area contributed by atoms with Gasteiger partial charge in [-0.1, -0.05) is 0 Å². The number of piperidine rings is 1. The van der Waals surface area contributed by atoms with Crippen molar-refractivity contribution in [3.63, 3.8) is 0 Å². The number of carboxylic acids is 1. The molecule has 1 aliphatic rings. The molecule has 0 aromatic carbocycles. The highest BCUT2D eigenvalue weighted by molar-refractivity contribution is 5.86. The van der Waals surface area contributed by atoms with Crippen LogP contribution in [0.2, 0.25) is 0 Å². The summed E-state index contributed by atoms with van der Waals surface area (Å²) in [6, 6.07) is -1.91. The van der Waals surface area contributed by atoms with Crippen LogP contribution in [0.15, 0.2) is 0 Å². The van der Waals surface area contributed by atoms with E-state index in [2.05, 4.69) is 10.1 Å². The second kappa shape index (κ2) is 6.93. The van der Waals surface area contributed by atoms with E-state index in [4.69, 9.17) is 10.8 Å². The Morgan fingerprint density at radius 1 is 1.53 bits per heavy atom. The molecule has 108 valence electrons. The van der Waals surface area contributed by atoms with Gasteiger partial charge in [0.25, 0.3) is 0 Å². The molecule has 1 rings (SSSR count). The number of urea groups is 1. The Morgan fingerprint density at radius 3 is 2.74 bits per heavy atom. The lowest BCUT2D eigenvalue weighted by Crippen LogP contribution is -2.53. The molecule has 0 aromatic rings. The highest BCUT2D eigenvalue weighted by Gasteiger charge is 2.27. The van der Waals surface area contributed by atoms with Gasteiger partial charge in [-0.2, -0.15) is 0 Å². The van der Waals surface area contributed by atoms with Gasteiger partial charge in [-0.05, 0) is 12.8 Å². The van der Waals surface area contributed by atoms with Crippen LogP contribution in [0.4, 0.5) is 4.79 Å². The Balaban J connectivity index is 2.55. The zero-order chi connectivity index (χ0) is 14.4. The van der Waals surface area contributed by atoms with E-state index < -0.39 is 30.4 Å². The molecule has 1 heterocycles. The number of amides is 2. The first-order valence-electron chi connectivity index (χ1n) is 6.04. The second-order valence-corrected chi connectivity index (χ2v) is 4.47. The zero-order valence-electron chi connectivity index (χ0n) is 10.8. The Kier molecular flexibility index (Phi) is 5.56. The van der Waals surface area contributed by atoms with Crippen LogP contribution in [0, 0.1) is 0 Å². The number of methoxy groups -OCH3 is 1. The van der Waals surface area contributed by atoms with Gasteiger partial charge in [0.2, 0.25) is 0 Å². The van der Waals surface area contributed by atoms with Crippen LogP contribution in [0.3, 0.4) is 0 Å². The zero-order valence-corrected chi connectivity index (χ0v) is 10.8. The summed E-state index contributed by atoms with van der Waals surface area (Å²) in [5.41, 5.74) is 5.74. The molecule has 1 aliphatic heterocycles. The monoisotopic (exact) mass is 273 g/mol. The van der Waals surface area contributed by atoms with Gasteiger partial charge in [-0.15, -0.1) is 0 Å². The van der Waals surface area contributed by atoms with Crippen molar-refractivity contribution >= 4 is 18.0 Å². The largest absolute Gasteiger partial charge is 0.480 e. The van der Waals surface area contributed by atoms with E-state index >= 15 is 0 Å². The smallest absolute Gasteiger partial charge is 0.326 e. The maximum atomic E-state index is 11.9. The van der Waals surface area contributed by atoms with Gasteiger partial charge in [0.1, 0.15) is 6.04 Å². The van der Waals surface area contributed by atoms with E-state index in [0.717, 1.165) is 20.0 Å². The molecule has 0 aliphatic carbocycles. The maximum Gasteiger partial charge on any atom is 0.326 e. The Bertz CT molecular complexity index is 360. The molecule has 19 heavy (non-hydrogen) atoms. The van der Waals surface area contributed by atoms with E-state index in [1.54, 1.807) is 0 Å². The summed E-state index contributed by atoms with van der Waals surface area (Å²) in [5, 5.41) is 11.3. The van der Waals surface area contributed by atoms with E-state index in [9.17, 15) is 14.4 Å². The maximum absolute atomic E-state index is 11.9. The first-order chi connectivity index (χ1) is 8.93. The Morgan fingerprint density at radius 2 is 2.21 bits per heavy atom. The number of hydrogen-bond acceptors (Lipinski definition) is 5. The first-order valence-corrected chi connectivity index (χ1v) is 6.04. The van der Waals surface area contributed by atoms with Gasteiger partial charge >= 0.3 is 18.0 Å². The van der Waals surface area contributed by atoms with Crippen molar-refractivity contribution < 1.29 is 24.2 Å². The summed E-state index contributed by atoms with van der Waals surface area (Å²) in [7, 11) is 1.16. The lowest BCUT2D eigenvalue weighted by molar-refractivity contribution is -0.147. The summed E-state index contributed by atoms with van der Waals surface area (Å²) < 4.78 is 4.39. The number of esters is 1. The molecule has 1 fully saturated rings. The number of ether oxygens (including phenoxy) is 1. The van der Waals surface area contributed by atoms with Crippen LogP contribution in [0.25, 0.3) is 0 Å². The number of carboxylic acid groups (broad SMARTS) is 1. The van der Waals surface area contributed by atoms with Crippen LogP contribution < -0.4 is 11.1 Å². The van der Waals surface area contributed by atoms with Crippen LogP contribution >= 0.6 is 0 Å². The minimum absolute atomic E-state index is 0.0941. The number of nitrogens with two attached hydrogens (primary N) is 1. The van der Waals surface area contributed by atoms with E-state index in [0.29, 0.717) is 13.1 Å². The van der Waals surface area contributed by atoms with Crippen LogP contribution in [-0.2, 0) is 14.3 Å². The lowest BCUT2D eigenvalue weighted by Gasteiger charge is -2.31. The summed E-state index contributed by atoms with van der Waals surface area (Å²) in [6.45, 7) is 0.917. The van der Waals surface area contributed by atoms with Crippen LogP contribution in [0.1, 0.15) is 19.3 Å². The average Bonchev–Trinajstić information content (AvgIpc) is 2.37. The SMILES string of the molecule is COC(=O)C[C@H](NC(=O)N1CCCC(N)C1)C(=O)O. The van der Waals surface area contributed by atoms with Gasteiger partial charge in [-0.3, -0.25) is 4.79 Å². The predicted molar refractivity (Wildman–Crippen MR) is 65.4 cm³/mol. The number of hydrogen-bond donors (Lipinski definition) is 3. The Labute approximate surface area is 110 Å². The predicted octanol–water partition coefficient (Wildman–Crippen LogP) is -0.865. The molecular weight excluding hydrogens is 254 g/mol. The molecule has 1 unspecified atom stereocenters. The first kappa shape index (κ1) is 15.2. The highest BCUT2D eigenvalue weighted by Crippen LogP contribution is 2.08. The van der Waals surface area contributed by atoms with Gasteiger partial charge in [0.15, 0.2) is 0 Å². The number of aliphatic carboxylic acids is 1. The van der Waals surface area contributed by atoms with Crippen molar-refractivity contribution in [2.75, 3.05) is 20.2 Å². The van der Waals surface area contributed by atoms with E-state index in [1.807, 2.05) is 0 Å². The molecule has 2 amide bonds. The normalized spacial score (nSPS) is 20.5. The quantitative estimate of drug-likeness (QED) is 0.573. The third-order valence-electron chi connectivity index (χ3n) is 2.94. The molecule has 2 atom stereocenters. The molecule has 4 N–H and O–H groups in total. The summed E-state index contributed by atoms with van der Waals surface area (Å²) in [5.74, 6) is -1.97. The van der Waals surface area contributed by atoms with Gasteiger partial charge in [0, 0.05) is 19.1 Å². The minimum Gasteiger partial charge on any atom is -0.480 e. The van der Waals surface area contributed by atoms with Crippen molar-refractivity contribution in [2.45, 2.75) is 31.3 Å². The topological polar surface area (TPSA) is 122 Å². The van der Waals surface area contributed by atoms with Crippen molar-refractivity contribution in [1.82, 2.24) is 10.2 Å². The molecule has 0 spiro atoms. The third kappa shape index (κ3) is 4.74. The fourth-order valence-corrected chi connectivity index (χ4v) is 1.88. The van der Waals surface area contributed by atoms with Gasteiger partial charge < -0.3 is 25.8 Å². The molecule has 1 saturated heterocycles. The fourth-order valence-electron chi connectivity index (χ4n) is 1.88. The van der Waals surface area contributed by atoms with Gasteiger partial charge in [-0.25, -0.2) is 9.59 Å². The van der Waals surface area contributed by atoms with Gasteiger partial charge in [0.05, 0.1) is 13.5 Å². The lowest BCUT2D eigenvalue weighted by atomic mass is 10.1. The molecule has 0 bridgehead atoms. The number of nitrogens with zero attached hydrogens (tertiary/aromatic N) is 1. The van der Waals surface area contributed by atoms with E-state index in [1.165, 1.54) is 4.90 Å². The summed E-state index contributed by atoms with van der Waals surface area (Å²) in [6.07, 6.45) is 1.22. The number of carbonyl (C=O) groups excluding carboxylic acids is 2. The van der Waals surface area contributed by atoms with Crippen molar-refractivity contribution in [2.24, 2.45) is 5.73 Å². The molecule has 8 nitrogen and oxygen atoms in total. The molecule has 0 radical (unpaired) electrons. The van der Waals surface area contributed by atoms with Crippen LogP contribution in [0.5, 0.6) is 0 Å². The molecule has 8 heteroatoms.